The predicted molar refractivity (Wildman–Crippen MR) is 35.1 cm³/mol. The van der Waals surface area contributed by atoms with Crippen molar-refractivity contribution in [1.82, 2.24) is 5.32 Å². The molecule has 0 heterocycles. The second kappa shape index (κ2) is 4.84. The number of ether oxygens (including phenoxy) is 1. The molecule has 0 atom stereocenters. The van der Waals surface area contributed by atoms with E-state index in [0.29, 0.717) is 6.42 Å². The Hall–Kier alpha value is -0.940. The van der Waals surface area contributed by atoms with Gasteiger partial charge in [-0.25, -0.2) is 4.79 Å². The second-order valence-electron chi connectivity index (χ2n) is 1.95. The molecule has 0 rings (SSSR count). The molecule has 0 aliphatic rings. The van der Waals surface area contributed by atoms with Gasteiger partial charge in [-0.05, 0) is 6.42 Å². The lowest BCUT2D eigenvalue weighted by molar-refractivity contribution is -0.123. The molecule has 0 fully saturated rings. The minimum Gasteiger partial charge on any atom is -0.442 e. The van der Waals surface area contributed by atoms with Crippen LogP contribution in [0, 0.1) is 6.61 Å². The number of alkyl halides is 3. The van der Waals surface area contributed by atoms with Gasteiger partial charge < -0.3 is 10.1 Å². The van der Waals surface area contributed by atoms with Gasteiger partial charge in [0.1, 0.15) is 13.2 Å². The summed E-state index contributed by atoms with van der Waals surface area (Å²) in [6.45, 7) is 1.44. The number of hydrogen-bond donors (Lipinski definition) is 1. The van der Waals surface area contributed by atoms with Crippen LogP contribution in [0.1, 0.15) is 13.3 Å². The highest BCUT2D eigenvalue weighted by Gasteiger charge is 2.27. The van der Waals surface area contributed by atoms with Crippen LogP contribution in [0.4, 0.5) is 18.0 Å². The first-order valence-corrected chi connectivity index (χ1v) is 3.28. The number of rotatable bonds is 3. The van der Waals surface area contributed by atoms with Crippen molar-refractivity contribution < 1.29 is 22.7 Å². The van der Waals surface area contributed by atoms with Crippen LogP contribution >= 0.6 is 0 Å². The number of nitrogens with one attached hydrogen (secondary N) is 1. The molecule has 0 aromatic rings. The Labute approximate surface area is 67.9 Å². The Balaban J connectivity index is 3.44. The number of carbonyl (C=O) groups is 1. The standard InChI is InChI=1S/C6H9F3NO2/c1-2-3-12-5(11)10-4-6(7,8)9/h3H,2,4H2,1H3,(H,10,11). The number of alkyl carbamates (subject to hydrolysis) is 1. The average Bonchev–Trinajstić information content (AvgIpc) is 1.95. The molecule has 1 radical (unpaired) electrons. The zero-order valence-corrected chi connectivity index (χ0v) is 6.44. The van der Waals surface area contributed by atoms with Gasteiger partial charge in [-0.15, -0.1) is 0 Å². The summed E-state index contributed by atoms with van der Waals surface area (Å²) in [7, 11) is 0. The summed E-state index contributed by atoms with van der Waals surface area (Å²) in [5, 5.41) is 1.54. The van der Waals surface area contributed by atoms with E-state index in [1.165, 1.54) is 0 Å². The van der Waals surface area contributed by atoms with Crippen molar-refractivity contribution in [2.75, 3.05) is 6.54 Å². The molecule has 12 heavy (non-hydrogen) atoms. The van der Waals surface area contributed by atoms with Crippen LogP contribution in [0.2, 0.25) is 0 Å². The Kier molecular flexibility index (Phi) is 4.46. The van der Waals surface area contributed by atoms with Crippen molar-refractivity contribution in [3.05, 3.63) is 6.61 Å². The smallest absolute Gasteiger partial charge is 0.407 e. The Morgan fingerprint density at radius 2 is 2.17 bits per heavy atom. The number of amides is 1. The fraction of sp³-hybridized carbons (Fsp3) is 0.667. The Bertz CT molecular complexity index is 146. The molecule has 6 heteroatoms. The summed E-state index contributed by atoms with van der Waals surface area (Å²) in [5.74, 6) is 0. The molecule has 0 aromatic heterocycles. The molecule has 0 bridgehead atoms. The quantitative estimate of drug-likeness (QED) is 0.726. The van der Waals surface area contributed by atoms with Crippen molar-refractivity contribution in [3.8, 4) is 0 Å². The molecule has 0 saturated carbocycles. The van der Waals surface area contributed by atoms with Crippen LogP contribution in [0.3, 0.4) is 0 Å². The SMILES string of the molecule is CC[CH]OC(=O)NCC(F)(F)F. The van der Waals surface area contributed by atoms with Gasteiger partial charge in [-0.3, -0.25) is 0 Å². The number of carbonyl (C=O) groups excluding carboxylic acids is 1. The topological polar surface area (TPSA) is 38.3 Å². The lowest BCUT2D eigenvalue weighted by atomic mass is 10.5. The van der Waals surface area contributed by atoms with E-state index in [0.717, 1.165) is 6.61 Å². The molecule has 0 saturated heterocycles. The van der Waals surface area contributed by atoms with Gasteiger partial charge in [0.15, 0.2) is 0 Å². The molecule has 0 aromatic carbocycles. The number of halogens is 3. The van der Waals surface area contributed by atoms with Crippen molar-refractivity contribution in [2.24, 2.45) is 0 Å². The minimum absolute atomic E-state index is 0.458. The first-order valence-electron chi connectivity index (χ1n) is 3.28. The predicted octanol–water partition coefficient (Wildman–Crippen LogP) is 1.85. The average molecular weight is 184 g/mol. The fourth-order valence-electron chi connectivity index (χ4n) is 0.373. The van der Waals surface area contributed by atoms with E-state index in [9.17, 15) is 18.0 Å². The highest BCUT2D eigenvalue weighted by atomic mass is 19.4. The van der Waals surface area contributed by atoms with E-state index in [2.05, 4.69) is 4.74 Å². The zero-order chi connectivity index (χ0) is 9.61. The van der Waals surface area contributed by atoms with E-state index in [1.54, 1.807) is 12.2 Å². The normalized spacial score (nSPS) is 11.0. The van der Waals surface area contributed by atoms with Gasteiger partial charge in [0, 0.05) is 0 Å². The van der Waals surface area contributed by atoms with E-state index in [1.807, 2.05) is 0 Å². The second-order valence-corrected chi connectivity index (χ2v) is 1.95. The maximum atomic E-state index is 11.5. The molecule has 1 amide bonds. The van der Waals surface area contributed by atoms with Crippen molar-refractivity contribution in [1.29, 1.82) is 0 Å². The molecule has 3 nitrogen and oxygen atoms in total. The Morgan fingerprint density at radius 3 is 2.58 bits per heavy atom. The third-order valence-electron chi connectivity index (χ3n) is 0.790. The van der Waals surface area contributed by atoms with Crippen molar-refractivity contribution in [3.63, 3.8) is 0 Å². The largest absolute Gasteiger partial charge is 0.442 e. The molecular formula is C6H9F3NO2. The van der Waals surface area contributed by atoms with Gasteiger partial charge in [0.25, 0.3) is 0 Å². The van der Waals surface area contributed by atoms with Crippen LogP contribution < -0.4 is 5.32 Å². The maximum Gasteiger partial charge on any atom is 0.407 e. The maximum absolute atomic E-state index is 11.5. The van der Waals surface area contributed by atoms with E-state index in [4.69, 9.17) is 0 Å². The molecule has 0 spiro atoms. The molecule has 0 unspecified atom stereocenters. The molecular weight excluding hydrogens is 175 g/mol. The van der Waals surface area contributed by atoms with E-state index in [-0.39, 0.29) is 0 Å². The van der Waals surface area contributed by atoms with E-state index < -0.39 is 18.8 Å². The summed E-state index contributed by atoms with van der Waals surface area (Å²) >= 11 is 0. The van der Waals surface area contributed by atoms with Gasteiger partial charge in [0.05, 0.1) is 0 Å². The third kappa shape index (κ3) is 7.17. The van der Waals surface area contributed by atoms with Gasteiger partial charge in [0.2, 0.25) is 0 Å². The van der Waals surface area contributed by atoms with Crippen LogP contribution in [0.25, 0.3) is 0 Å². The summed E-state index contributed by atoms with van der Waals surface area (Å²) in [6.07, 6.45) is -5.03. The Morgan fingerprint density at radius 1 is 1.58 bits per heavy atom. The summed E-state index contributed by atoms with van der Waals surface area (Å²) < 4.78 is 38.6. The van der Waals surface area contributed by atoms with Crippen LogP contribution in [0.5, 0.6) is 0 Å². The highest BCUT2D eigenvalue weighted by Crippen LogP contribution is 2.12. The van der Waals surface area contributed by atoms with Crippen molar-refractivity contribution >= 4 is 6.09 Å². The van der Waals surface area contributed by atoms with Crippen molar-refractivity contribution in [2.45, 2.75) is 19.5 Å². The monoisotopic (exact) mass is 184 g/mol. The summed E-state index contributed by atoms with van der Waals surface area (Å²) in [4.78, 5) is 10.4. The van der Waals surface area contributed by atoms with E-state index >= 15 is 0 Å². The molecule has 0 aliphatic heterocycles. The highest BCUT2D eigenvalue weighted by molar-refractivity contribution is 5.67. The first kappa shape index (κ1) is 11.1. The molecule has 0 aliphatic carbocycles. The summed E-state index contributed by atoms with van der Waals surface area (Å²) in [6, 6.07) is 0. The van der Waals surface area contributed by atoms with Crippen LogP contribution in [-0.2, 0) is 4.74 Å². The minimum atomic E-state index is -4.40. The number of hydrogen-bond acceptors (Lipinski definition) is 2. The van der Waals surface area contributed by atoms with Gasteiger partial charge in [-0.2, -0.15) is 13.2 Å². The lowest BCUT2D eigenvalue weighted by Crippen LogP contribution is -2.33. The van der Waals surface area contributed by atoms with Gasteiger partial charge >= 0.3 is 12.3 Å². The van der Waals surface area contributed by atoms with Crippen LogP contribution in [-0.4, -0.2) is 18.8 Å². The lowest BCUT2D eigenvalue weighted by Gasteiger charge is -2.07. The van der Waals surface area contributed by atoms with Gasteiger partial charge in [-0.1, -0.05) is 6.92 Å². The molecule has 71 valence electrons. The third-order valence-corrected chi connectivity index (χ3v) is 0.790. The fourth-order valence-corrected chi connectivity index (χ4v) is 0.373. The summed E-state index contributed by atoms with van der Waals surface area (Å²) in [5.41, 5.74) is 0. The van der Waals surface area contributed by atoms with Crippen LogP contribution in [0.15, 0.2) is 0 Å². The zero-order valence-electron chi connectivity index (χ0n) is 6.44. The molecule has 1 N–H and O–H groups in total. The first-order chi connectivity index (χ1) is 5.45.